The van der Waals surface area contributed by atoms with Crippen LogP contribution in [0.4, 0.5) is 5.69 Å². The summed E-state index contributed by atoms with van der Waals surface area (Å²) in [6.07, 6.45) is 6.86. The average molecular weight is 367 g/mol. The van der Waals surface area contributed by atoms with Crippen LogP contribution < -0.4 is 0 Å². The van der Waals surface area contributed by atoms with Crippen molar-refractivity contribution in [1.82, 2.24) is 10.2 Å². The Morgan fingerprint density at radius 3 is 3.04 bits per heavy atom. The van der Waals surface area contributed by atoms with E-state index in [0.29, 0.717) is 17.3 Å². The molecular formula is C19H17N3O3S. The number of aryl methyl sites for hydroxylation is 1. The van der Waals surface area contributed by atoms with Crippen LogP contribution in [0.1, 0.15) is 35.2 Å². The van der Waals surface area contributed by atoms with E-state index in [9.17, 15) is 10.1 Å². The van der Waals surface area contributed by atoms with E-state index in [1.807, 2.05) is 0 Å². The normalized spacial score (nSPS) is 16.7. The Labute approximate surface area is 154 Å². The van der Waals surface area contributed by atoms with Gasteiger partial charge in [-0.05, 0) is 48.4 Å². The molecule has 0 bridgehead atoms. The number of benzene rings is 1. The van der Waals surface area contributed by atoms with Crippen molar-refractivity contribution in [2.45, 2.75) is 26.2 Å². The predicted molar refractivity (Wildman–Crippen MR) is 101 cm³/mol. The molecule has 1 unspecified atom stereocenters. The summed E-state index contributed by atoms with van der Waals surface area (Å²) in [4.78, 5) is 12.8. The average Bonchev–Trinajstić information content (AvgIpc) is 3.26. The standard InChI is InChI=1S/C19H17N3O3S/c1-12-5-7-16-14(9-12)11-17(26-16)19-21-20-18(25-19)8-6-13-3-2-4-15(10-13)22(23)24/h2-4,6,8,10-12H,5,7,9H2,1H3. The first-order chi connectivity index (χ1) is 12.6. The Morgan fingerprint density at radius 2 is 2.19 bits per heavy atom. The maximum Gasteiger partial charge on any atom is 0.270 e. The summed E-state index contributed by atoms with van der Waals surface area (Å²) in [6, 6.07) is 8.56. The summed E-state index contributed by atoms with van der Waals surface area (Å²) in [5.74, 6) is 1.63. The van der Waals surface area contributed by atoms with E-state index in [0.717, 1.165) is 23.6 Å². The fourth-order valence-electron chi connectivity index (χ4n) is 3.12. The van der Waals surface area contributed by atoms with Crippen LogP contribution in [0, 0.1) is 16.0 Å². The summed E-state index contributed by atoms with van der Waals surface area (Å²) in [5.41, 5.74) is 2.16. The quantitative estimate of drug-likeness (QED) is 0.478. The Hall–Kier alpha value is -2.80. The maximum absolute atomic E-state index is 10.8. The second-order valence-corrected chi connectivity index (χ2v) is 7.67. The highest BCUT2D eigenvalue weighted by Crippen LogP contribution is 2.36. The van der Waals surface area contributed by atoms with Crippen LogP contribution in [0.3, 0.4) is 0 Å². The van der Waals surface area contributed by atoms with Gasteiger partial charge in [0.25, 0.3) is 11.6 Å². The van der Waals surface area contributed by atoms with E-state index in [-0.39, 0.29) is 5.69 Å². The number of nitro groups is 1. The fraction of sp³-hybridized carbons (Fsp3) is 0.263. The molecule has 0 amide bonds. The molecule has 0 spiro atoms. The molecule has 7 heteroatoms. The Morgan fingerprint density at radius 1 is 1.31 bits per heavy atom. The van der Waals surface area contributed by atoms with Crippen LogP contribution in [-0.2, 0) is 12.8 Å². The molecule has 0 radical (unpaired) electrons. The molecular weight excluding hydrogens is 350 g/mol. The molecule has 3 aromatic rings. The molecule has 6 nitrogen and oxygen atoms in total. The second kappa shape index (κ2) is 6.84. The molecule has 4 rings (SSSR count). The van der Waals surface area contributed by atoms with Gasteiger partial charge in [-0.15, -0.1) is 21.5 Å². The molecule has 0 saturated heterocycles. The number of aromatic nitrogens is 2. The number of hydrogen-bond acceptors (Lipinski definition) is 6. The molecule has 132 valence electrons. The van der Waals surface area contributed by atoms with E-state index >= 15 is 0 Å². The van der Waals surface area contributed by atoms with Crippen LogP contribution in [0.15, 0.2) is 34.7 Å². The zero-order valence-corrected chi connectivity index (χ0v) is 15.0. The summed E-state index contributed by atoms with van der Waals surface area (Å²) >= 11 is 1.73. The molecule has 1 atom stereocenters. The molecule has 1 aromatic carbocycles. The summed E-state index contributed by atoms with van der Waals surface area (Å²) in [5, 5.41) is 19.0. The molecule has 0 fully saturated rings. The van der Waals surface area contributed by atoms with E-state index < -0.39 is 4.92 Å². The van der Waals surface area contributed by atoms with Gasteiger partial charge in [0.2, 0.25) is 5.89 Å². The largest absolute Gasteiger partial charge is 0.416 e. The Kier molecular flexibility index (Phi) is 4.38. The van der Waals surface area contributed by atoms with Gasteiger partial charge in [0.15, 0.2) is 0 Å². The van der Waals surface area contributed by atoms with Crippen molar-refractivity contribution in [3.63, 3.8) is 0 Å². The highest BCUT2D eigenvalue weighted by Gasteiger charge is 2.20. The lowest BCUT2D eigenvalue weighted by Crippen LogP contribution is -2.07. The van der Waals surface area contributed by atoms with Gasteiger partial charge in [0.1, 0.15) is 0 Å². The molecule has 2 heterocycles. The first kappa shape index (κ1) is 16.7. The predicted octanol–water partition coefficient (Wildman–Crippen LogP) is 5.00. The van der Waals surface area contributed by atoms with Gasteiger partial charge >= 0.3 is 0 Å². The highest BCUT2D eigenvalue weighted by atomic mass is 32.1. The third-order valence-corrected chi connectivity index (χ3v) is 5.71. The van der Waals surface area contributed by atoms with Crippen LogP contribution in [0.2, 0.25) is 0 Å². The number of fused-ring (bicyclic) bond motifs is 1. The number of non-ortho nitro benzene ring substituents is 1. The van der Waals surface area contributed by atoms with Crippen molar-refractivity contribution >= 4 is 29.2 Å². The molecule has 0 aliphatic heterocycles. The number of thiophene rings is 1. The first-order valence-electron chi connectivity index (χ1n) is 8.46. The van der Waals surface area contributed by atoms with Crippen LogP contribution in [0.5, 0.6) is 0 Å². The zero-order valence-electron chi connectivity index (χ0n) is 14.2. The van der Waals surface area contributed by atoms with Crippen molar-refractivity contribution in [3.8, 4) is 10.8 Å². The Bertz CT molecular complexity index is 990. The third-order valence-electron chi connectivity index (χ3n) is 4.48. The molecule has 1 aliphatic rings. The highest BCUT2D eigenvalue weighted by molar-refractivity contribution is 7.15. The monoisotopic (exact) mass is 367 g/mol. The van der Waals surface area contributed by atoms with Crippen molar-refractivity contribution in [3.05, 3.63) is 62.3 Å². The van der Waals surface area contributed by atoms with Gasteiger partial charge in [0.05, 0.1) is 9.80 Å². The van der Waals surface area contributed by atoms with Crippen molar-refractivity contribution in [1.29, 1.82) is 0 Å². The molecule has 0 N–H and O–H groups in total. The Balaban J connectivity index is 1.53. The number of rotatable bonds is 4. The topological polar surface area (TPSA) is 82.1 Å². The van der Waals surface area contributed by atoms with Gasteiger partial charge in [0, 0.05) is 23.1 Å². The summed E-state index contributed by atoms with van der Waals surface area (Å²) in [6.45, 7) is 2.28. The van der Waals surface area contributed by atoms with Gasteiger partial charge in [-0.2, -0.15) is 0 Å². The minimum absolute atomic E-state index is 0.0526. The SMILES string of the molecule is CC1CCc2sc(-c3nnc(C=Cc4cccc([N+](=O)[O-])c4)o3)cc2C1. The number of nitro benzene ring substituents is 1. The fourth-order valence-corrected chi connectivity index (χ4v) is 4.25. The minimum atomic E-state index is -0.415. The van der Waals surface area contributed by atoms with E-state index in [1.165, 1.54) is 29.0 Å². The van der Waals surface area contributed by atoms with Crippen molar-refractivity contribution < 1.29 is 9.34 Å². The summed E-state index contributed by atoms with van der Waals surface area (Å²) in [7, 11) is 0. The van der Waals surface area contributed by atoms with E-state index in [4.69, 9.17) is 4.42 Å². The van der Waals surface area contributed by atoms with E-state index in [1.54, 1.807) is 35.6 Å². The lowest BCUT2D eigenvalue weighted by Gasteiger charge is -2.16. The second-order valence-electron chi connectivity index (χ2n) is 6.54. The van der Waals surface area contributed by atoms with Gasteiger partial charge in [-0.1, -0.05) is 19.1 Å². The van der Waals surface area contributed by atoms with E-state index in [2.05, 4.69) is 23.2 Å². The number of hydrogen-bond donors (Lipinski definition) is 0. The smallest absolute Gasteiger partial charge is 0.270 e. The number of nitrogens with zero attached hydrogens (tertiary/aromatic N) is 3. The minimum Gasteiger partial charge on any atom is -0.416 e. The van der Waals surface area contributed by atoms with Gasteiger partial charge in [-0.25, -0.2) is 0 Å². The zero-order chi connectivity index (χ0) is 18.1. The molecule has 1 aliphatic carbocycles. The lowest BCUT2D eigenvalue weighted by molar-refractivity contribution is -0.384. The van der Waals surface area contributed by atoms with Crippen molar-refractivity contribution in [2.24, 2.45) is 5.92 Å². The lowest BCUT2D eigenvalue weighted by atomic mass is 9.90. The van der Waals surface area contributed by atoms with Gasteiger partial charge < -0.3 is 4.42 Å². The van der Waals surface area contributed by atoms with Crippen molar-refractivity contribution in [2.75, 3.05) is 0 Å². The van der Waals surface area contributed by atoms with Gasteiger partial charge in [-0.3, -0.25) is 10.1 Å². The molecule has 0 saturated carbocycles. The first-order valence-corrected chi connectivity index (χ1v) is 9.28. The van der Waals surface area contributed by atoms with Crippen LogP contribution in [0.25, 0.3) is 22.9 Å². The van der Waals surface area contributed by atoms with Crippen LogP contribution in [-0.4, -0.2) is 15.1 Å². The molecule has 2 aromatic heterocycles. The summed E-state index contributed by atoms with van der Waals surface area (Å²) < 4.78 is 5.74. The maximum atomic E-state index is 10.8. The third kappa shape index (κ3) is 3.43. The molecule has 26 heavy (non-hydrogen) atoms. The van der Waals surface area contributed by atoms with Crippen LogP contribution >= 0.6 is 11.3 Å².